The first-order valence-electron chi connectivity index (χ1n) is 9.97. The molecule has 0 N–H and O–H groups in total. The molecule has 0 saturated carbocycles. The van der Waals surface area contributed by atoms with E-state index >= 15 is 0 Å². The number of fused-ring (bicyclic) bond motifs is 1. The highest BCUT2D eigenvalue weighted by Gasteiger charge is 2.16. The Kier molecular flexibility index (Phi) is 6.70. The van der Waals surface area contributed by atoms with Gasteiger partial charge in [0.05, 0.1) is 0 Å². The van der Waals surface area contributed by atoms with E-state index < -0.39 is 11.6 Å². The Hall–Kier alpha value is -3.08. The molecule has 3 rings (SSSR count). The van der Waals surface area contributed by atoms with Crippen LogP contribution in [0.3, 0.4) is 0 Å². The highest BCUT2D eigenvalue weighted by Crippen LogP contribution is 2.31. The molecule has 0 spiro atoms. The fourth-order valence-corrected chi connectivity index (χ4v) is 3.47. The van der Waals surface area contributed by atoms with Crippen LogP contribution >= 0.6 is 0 Å². The van der Waals surface area contributed by atoms with Gasteiger partial charge in [0.2, 0.25) is 0 Å². The van der Waals surface area contributed by atoms with Crippen molar-refractivity contribution in [3.63, 3.8) is 0 Å². The van der Waals surface area contributed by atoms with Crippen LogP contribution in [0.4, 0.5) is 0 Å². The molecule has 0 aliphatic rings. The molecule has 5 heteroatoms. The maximum atomic E-state index is 12.1. The number of carbonyl (C=O) groups is 1. The Balaban J connectivity index is 1.58. The van der Waals surface area contributed by atoms with Crippen molar-refractivity contribution in [1.29, 1.82) is 0 Å². The van der Waals surface area contributed by atoms with Crippen LogP contribution in [-0.4, -0.2) is 12.6 Å². The van der Waals surface area contributed by atoms with Crippen LogP contribution < -0.4 is 15.1 Å². The Labute approximate surface area is 170 Å². The summed E-state index contributed by atoms with van der Waals surface area (Å²) in [5.74, 6) is 1.53. The van der Waals surface area contributed by atoms with Crippen LogP contribution in [0.25, 0.3) is 11.0 Å². The van der Waals surface area contributed by atoms with Crippen molar-refractivity contribution in [2.45, 2.75) is 39.5 Å². The predicted octanol–water partition coefficient (Wildman–Crippen LogP) is 5.32. The van der Waals surface area contributed by atoms with Gasteiger partial charge in [0.1, 0.15) is 17.1 Å². The minimum absolute atomic E-state index is 0.241. The van der Waals surface area contributed by atoms with Crippen LogP contribution in [0.1, 0.15) is 45.1 Å². The molecule has 2 unspecified atom stereocenters. The van der Waals surface area contributed by atoms with Gasteiger partial charge in [0, 0.05) is 17.5 Å². The van der Waals surface area contributed by atoms with Gasteiger partial charge in [0.15, 0.2) is 6.61 Å². The molecular weight excluding hydrogens is 368 g/mol. The summed E-state index contributed by atoms with van der Waals surface area (Å²) in [6.07, 6.45) is 2.21. The first-order chi connectivity index (χ1) is 14.0. The van der Waals surface area contributed by atoms with Gasteiger partial charge in [-0.3, -0.25) is 0 Å². The summed E-state index contributed by atoms with van der Waals surface area (Å²) in [6, 6.07) is 15.8. The summed E-state index contributed by atoms with van der Waals surface area (Å²) in [4.78, 5) is 23.4. The first kappa shape index (κ1) is 20.6. The van der Waals surface area contributed by atoms with Crippen LogP contribution in [-0.2, 0) is 4.79 Å². The maximum absolute atomic E-state index is 12.1. The molecule has 3 aromatic rings. The standard InChI is InChI=1S/C24H26O5/c1-4-16(3)21(5-2)17-6-10-19(11-7-17)28-24(26)15-27-20-12-8-18-9-13-23(25)29-22(18)14-20/h6-14,16,21H,4-5,15H2,1-3H3. The largest absolute Gasteiger partial charge is 0.482 e. The minimum atomic E-state index is -0.499. The predicted molar refractivity (Wildman–Crippen MR) is 113 cm³/mol. The number of hydrogen-bond donors (Lipinski definition) is 0. The Bertz CT molecular complexity index is 1020. The van der Waals surface area contributed by atoms with Crippen molar-refractivity contribution < 1.29 is 18.7 Å². The molecule has 2 atom stereocenters. The van der Waals surface area contributed by atoms with E-state index in [4.69, 9.17) is 13.9 Å². The van der Waals surface area contributed by atoms with Gasteiger partial charge >= 0.3 is 11.6 Å². The van der Waals surface area contributed by atoms with Gasteiger partial charge in [-0.25, -0.2) is 9.59 Å². The van der Waals surface area contributed by atoms with Crippen molar-refractivity contribution >= 4 is 16.9 Å². The monoisotopic (exact) mass is 394 g/mol. The van der Waals surface area contributed by atoms with Crippen LogP contribution in [0.2, 0.25) is 0 Å². The van der Waals surface area contributed by atoms with Crippen molar-refractivity contribution in [3.05, 3.63) is 70.6 Å². The lowest BCUT2D eigenvalue weighted by atomic mass is 9.84. The van der Waals surface area contributed by atoms with Gasteiger partial charge in [-0.2, -0.15) is 0 Å². The van der Waals surface area contributed by atoms with E-state index in [1.165, 1.54) is 11.6 Å². The molecule has 152 valence electrons. The number of carbonyl (C=O) groups excluding carboxylic acids is 1. The second-order valence-electron chi connectivity index (χ2n) is 7.19. The van der Waals surface area contributed by atoms with E-state index in [0.717, 1.165) is 18.2 Å². The number of benzene rings is 2. The molecular formula is C24H26O5. The van der Waals surface area contributed by atoms with E-state index in [1.807, 2.05) is 24.3 Å². The summed E-state index contributed by atoms with van der Waals surface area (Å²) in [5.41, 5.74) is 1.23. The maximum Gasteiger partial charge on any atom is 0.349 e. The fourth-order valence-electron chi connectivity index (χ4n) is 3.47. The van der Waals surface area contributed by atoms with Crippen molar-refractivity contribution in [2.24, 2.45) is 5.92 Å². The van der Waals surface area contributed by atoms with Crippen molar-refractivity contribution in [2.75, 3.05) is 6.61 Å². The summed E-state index contributed by atoms with van der Waals surface area (Å²) < 4.78 is 16.0. The average Bonchev–Trinajstić information content (AvgIpc) is 2.73. The van der Waals surface area contributed by atoms with Gasteiger partial charge in [0.25, 0.3) is 0 Å². The summed E-state index contributed by atoms with van der Waals surface area (Å²) >= 11 is 0. The number of hydrogen-bond acceptors (Lipinski definition) is 5. The third-order valence-corrected chi connectivity index (χ3v) is 5.26. The summed E-state index contributed by atoms with van der Waals surface area (Å²) in [6.45, 7) is 6.42. The molecule has 2 aromatic carbocycles. The molecule has 0 amide bonds. The zero-order valence-electron chi connectivity index (χ0n) is 17.0. The molecule has 1 heterocycles. The SMILES string of the molecule is CCC(C)C(CC)c1ccc(OC(=O)COc2ccc3ccc(=O)oc3c2)cc1. The summed E-state index contributed by atoms with van der Waals surface area (Å²) in [5, 5.41) is 0.780. The Morgan fingerprint density at radius 1 is 0.966 bits per heavy atom. The fraction of sp³-hybridized carbons (Fsp3) is 0.333. The molecule has 29 heavy (non-hydrogen) atoms. The average molecular weight is 394 g/mol. The minimum Gasteiger partial charge on any atom is -0.482 e. The molecule has 0 saturated heterocycles. The second-order valence-corrected chi connectivity index (χ2v) is 7.19. The molecule has 0 aliphatic heterocycles. The van der Waals surface area contributed by atoms with Gasteiger partial charge < -0.3 is 13.9 Å². The van der Waals surface area contributed by atoms with E-state index in [-0.39, 0.29) is 6.61 Å². The lowest BCUT2D eigenvalue weighted by Crippen LogP contribution is -2.17. The van der Waals surface area contributed by atoms with E-state index in [1.54, 1.807) is 24.3 Å². The molecule has 5 nitrogen and oxygen atoms in total. The third-order valence-electron chi connectivity index (χ3n) is 5.26. The Morgan fingerprint density at radius 2 is 1.66 bits per heavy atom. The van der Waals surface area contributed by atoms with Gasteiger partial charge in [-0.15, -0.1) is 0 Å². The first-order valence-corrected chi connectivity index (χ1v) is 9.97. The zero-order chi connectivity index (χ0) is 20.8. The van der Waals surface area contributed by atoms with Crippen LogP contribution in [0, 0.1) is 5.92 Å². The molecule has 0 radical (unpaired) electrons. The quantitative estimate of drug-likeness (QED) is 0.294. The van der Waals surface area contributed by atoms with E-state index in [2.05, 4.69) is 20.8 Å². The van der Waals surface area contributed by atoms with E-state index in [0.29, 0.717) is 28.9 Å². The van der Waals surface area contributed by atoms with Gasteiger partial charge in [-0.1, -0.05) is 39.3 Å². The smallest absolute Gasteiger partial charge is 0.349 e. The molecule has 1 aromatic heterocycles. The van der Waals surface area contributed by atoms with Crippen molar-refractivity contribution in [3.8, 4) is 11.5 Å². The van der Waals surface area contributed by atoms with Crippen LogP contribution in [0.15, 0.2) is 63.8 Å². The second kappa shape index (κ2) is 9.41. The topological polar surface area (TPSA) is 65.7 Å². The molecule has 0 aliphatic carbocycles. The lowest BCUT2D eigenvalue weighted by Gasteiger charge is -2.22. The number of esters is 1. The lowest BCUT2D eigenvalue weighted by molar-refractivity contribution is -0.136. The normalized spacial score (nSPS) is 13.1. The highest BCUT2D eigenvalue weighted by molar-refractivity contribution is 5.78. The zero-order valence-corrected chi connectivity index (χ0v) is 17.0. The van der Waals surface area contributed by atoms with Gasteiger partial charge in [-0.05, 0) is 54.2 Å². The third kappa shape index (κ3) is 5.25. The summed E-state index contributed by atoms with van der Waals surface area (Å²) in [7, 11) is 0. The molecule has 0 bridgehead atoms. The molecule has 0 fully saturated rings. The van der Waals surface area contributed by atoms with E-state index in [9.17, 15) is 9.59 Å². The number of rotatable bonds is 8. The van der Waals surface area contributed by atoms with Crippen LogP contribution in [0.5, 0.6) is 11.5 Å². The highest BCUT2D eigenvalue weighted by atomic mass is 16.6. The Morgan fingerprint density at radius 3 is 2.34 bits per heavy atom. The number of ether oxygens (including phenoxy) is 2. The van der Waals surface area contributed by atoms with Crippen molar-refractivity contribution in [1.82, 2.24) is 0 Å².